The van der Waals surface area contributed by atoms with Crippen LogP contribution in [0.25, 0.3) is 0 Å². The third kappa shape index (κ3) is 6.72. The second-order valence-corrected chi connectivity index (χ2v) is 3.27. The number of likely N-dealkylation sites (N-methyl/N-ethyl adjacent to an activating group) is 1. The quantitative estimate of drug-likeness (QED) is 0.235. The molecular weight excluding hydrogens is 292 g/mol. The van der Waals surface area contributed by atoms with E-state index in [9.17, 15) is 20.1 Å². The van der Waals surface area contributed by atoms with E-state index in [4.69, 9.17) is 10.2 Å². The standard InChI is InChI=1S/C8H16NO6.Rb/c1-9(4-11)2-5(12)7(14)8(15)6(13)3-10;/h5-8,10,12-15H,2-3H2,1H3;/q-1;+1. The Bertz CT molecular complexity index is 195. The van der Waals surface area contributed by atoms with Crippen LogP contribution in [0, 0.1) is 0 Å². The van der Waals surface area contributed by atoms with Gasteiger partial charge in [-0.15, -0.1) is 0 Å². The van der Waals surface area contributed by atoms with E-state index in [-0.39, 0.29) is 64.7 Å². The van der Waals surface area contributed by atoms with Gasteiger partial charge in [-0.2, -0.15) is 6.41 Å². The van der Waals surface area contributed by atoms with Crippen LogP contribution in [0.1, 0.15) is 0 Å². The molecule has 0 radical (unpaired) electrons. The van der Waals surface area contributed by atoms with Gasteiger partial charge in [-0.05, 0) is 7.05 Å². The van der Waals surface area contributed by atoms with Crippen molar-refractivity contribution in [2.75, 3.05) is 20.2 Å². The van der Waals surface area contributed by atoms with E-state index in [2.05, 4.69) is 0 Å². The number of aliphatic hydroxyl groups is 5. The van der Waals surface area contributed by atoms with E-state index >= 15 is 0 Å². The van der Waals surface area contributed by atoms with Crippen LogP contribution in [0.15, 0.2) is 0 Å². The molecule has 4 atom stereocenters. The Morgan fingerprint density at radius 1 is 1.12 bits per heavy atom. The number of carbonyl (C=O) groups excluding carboxylic acids is 1. The molecule has 0 saturated carbocycles. The van der Waals surface area contributed by atoms with Gasteiger partial charge in [0.25, 0.3) is 0 Å². The summed E-state index contributed by atoms with van der Waals surface area (Å²) >= 11 is 0. The fourth-order valence-electron chi connectivity index (χ4n) is 0.989. The number of aliphatic hydroxyl groups excluding tert-OH is 5. The first-order valence-electron chi connectivity index (χ1n) is 4.36. The minimum Gasteiger partial charge on any atom is -0.520 e. The molecule has 7 nitrogen and oxygen atoms in total. The summed E-state index contributed by atoms with van der Waals surface area (Å²) in [6, 6.07) is 0. The van der Waals surface area contributed by atoms with Crippen molar-refractivity contribution in [3.63, 3.8) is 0 Å². The molecule has 0 rings (SSSR count). The molecule has 90 valence electrons. The Hall–Kier alpha value is 1.08. The Labute approximate surface area is 142 Å². The number of amides is 1. The van der Waals surface area contributed by atoms with E-state index in [1.54, 1.807) is 0 Å². The molecule has 0 aromatic carbocycles. The second kappa shape index (κ2) is 10.0. The summed E-state index contributed by atoms with van der Waals surface area (Å²) in [5.41, 5.74) is 0. The number of rotatable bonds is 7. The molecule has 0 aliphatic heterocycles. The van der Waals surface area contributed by atoms with Crippen LogP contribution in [0.5, 0.6) is 0 Å². The average Bonchev–Trinajstić information content (AvgIpc) is 2.25. The van der Waals surface area contributed by atoms with Crippen molar-refractivity contribution in [3.8, 4) is 0 Å². The number of hydrogen-bond acceptors (Lipinski definition) is 6. The molecule has 16 heavy (non-hydrogen) atoms. The molecule has 0 fully saturated rings. The Morgan fingerprint density at radius 2 is 1.56 bits per heavy atom. The number of nitrogens with zero attached hydrogens (tertiary/aromatic N) is 1. The van der Waals surface area contributed by atoms with Gasteiger partial charge in [-0.3, -0.25) is 0 Å². The minimum absolute atomic E-state index is 0. The summed E-state index contributed by atoms with van der Waals surface area (Å²) in [7, 11) is 1.33. The summed E-state index contributed by atoms with van der Waals surface area (Å²) in [6.07, 6.45) is -4.84. The van der Waals surface area contributed by atoms with Crippen molar-refractivity contribution >= 4 is 6.41 Å². The predicted molar refractivity (Wildman–Crippen MR) is 49.4 cm³/mol. The van der Waals surface area contributed by atoms with E-state index in [1.807, 2.05) is 0 Å². The van der Waals surface area contributed by atoms with Crippen LogP contribution in [-0.2, 0) is 4.79 Å². The van der Waals surface area contributed by atoms with E-state index in [1.165, 1.54) is 13.5 Å². The first-order chi connectivity index (χ1) is 6.93. The first-order valence-corrected chi connectivity index (χ1v) is 4.36. The van der Waals surface area contributed by atoms with Gasteiger partial charge in [-0.25, -0.2) is 0 Å². The van der Waals surface area contributed by atoms with Crippen molar-refractivity contribution < 1.29 is 88.5 Å². The molecule has 0 aliphatic rings. The van der Waals surface area contributed by atoms with E-state index in [0.29, 0.717) is 0 Å². The zero-order chi connectivity index (χ0) is 12.0. The van der Waals surface area contributed by atoms with Crippen molar-refractivity contribution in [1.29, 1.82) is 0 Å². The van der Waals surface area contributed by atoms with Crippen LogP contribution in [0.2, 0.25) is 0 Å². The molecule has 0 aromatic rings. The third-order valence-corrected chi connectivity index (χ3v) is 1.94. The van der Waals surface area contributed by atoms with Gasteiger partial charge in [0.2, 0.25) is 0 Å². The normalized spacial score (nSPS) is 17.9. The minimum atomic E-state index is -1.68. The van der Waals surface area contributed by atoms with Gasteiger partial charge in [-0.1, -0.05) is 0 Å². The molecular formula is C8H16NO6Rb. The Morgan fingerprint density at radius 3 is 1.94 bits per heavy atom. The SMILES string of the molecule is CN([C-]=O)CC(O)C(O)C(O)C(O)CO.[Rb+]. The summed E-state index contributed by atoms with van der Waals surface area (Å²) in [5.74, 6) is 0. The van der Waals surface area contributed by atoms with Crippen molar-refractivity contribution in [1.82, 2.24) is 4.90 Å². The second-order valence-electron chi connectivity index (χ2n) is 3.27. The van der Waals surface area contributed by atoms with Crippen molar-refractivity contribution in [2.45, 2.75) is 24.4 Å². The average molecular weight is 308 g/mol. The molecule has 0 saturated heterocycles. The van der Waals surface area contributed by atoms with E-state index < -0.39 is 31.0 Å². The van der Waals surface area contributed by atoms with Gasteiger partial charge in [0, 0.05) is 6.54 Å². The molecule has 8 heteroatoms. The topological polar surface area (TPSA) is 121 Å². The zero-order valence-electron chi connectivity index (χ0n) is 9.32. The van der Waals surface area contributed by atoms with Gasteiger partial charge < -0.3 is 35.2 Å². The smallest absolute Gasteiger partial charge is 0.520 e. The summed E-state index contributed by atoms with van der Waals surface area (Å²) in [5, 5.41) is 45.3. The third-order valence-electron chi connectivity index (χ3n) is 1.94. The van der Waals surface area contributed by atoms with Gasteiger partial charge in [0.15, 0.2) is 0 Å². The molecule has 0 spiro atoms. The van der Waals surface area contributed by atoms with Gasteiger partial charge in [0.1, 0.15) is 18.3 Å². The van der Waals surface area contributed by atoms with Crippen LogP contribution in [0.3, 0.4) is 0 Å². The largest absolute Gasteiger partial charge is 1.00 e. The first kappa shape index (κ1) is 19.4. The predicted octanol–water partition coefficient (Wildman–Crippen LogP) is -6.57. The molecule has 0 bridgehead atoms. The molecule has 0 heterocycles. The maximum atomic E-state index is 10.1. The van der Waals surface area contributed by atoms with Crippen molar-refractivity contribution in [3.05, 3.63) is 0 Å². The van der Waals surface area contributed by atoms with Crippen LogP contribution < -0.4 is 58.2 Å². The van der Waals surface area contributed by atoms with E-state index in [0.717, 1.165) is 4.90 Å². The fraction of sp³-hybridized carbons (Fsp3) is 0.875. The van der Waals surface area contributed by atoms with Crippen LogP contribution in [-0.4, -0.2) is 81.5 Å². The zero-order valence-corrected chi connectivity index (χ0v) is 14.2. The number of hydrogen-bond donors (Lipinski definition) is 5. The Kier molecular flexibility index (Phi) is 12.2. The molecule has 0 aliphatic carbocycles. The molecule has 1 amide bonds. The maximum absolute atomic E-state index is 10.1. The monoisotopic (exact) mass is 307 g/mol. The van der Waals surface area contributed by atoms with Gasteiger partial charge in [0.05, 0.1) is 12.7 Å². The van der Waals surface area contributed by atoms with Gasteiger partial charge >= 0.3 is 58.2 Å². The van der Waals surface area contributed by atoms with Crippen molar-refractivity contribution in [2.24, 2.45) is 0 Å². The van der Waals surface area contributed by atoms with Crippen LogP contribution >= 0.6 is 0 Å². The summed E-state index contributed by atoms with van der Waals surface area (Å²) in [4.78, 5) is 11.0. The Balaban J connectivity index is 0. The summed E-state index contributed by atoms with van der Waals surface area (Å²) < 4.78 is 0. The summed E-state index contributed by atoms with van der Waals surface area (Å²) in [6.45, 7) is -0.972. The fourth-order valence-corrected chi connectivity index (χ4v) is 0.989. The molecule has 4 unspecified atom stereocenters. The maximum Gasteiger partial charge on any atom is 1.00 e. The molecule has 5 N–H and O–H groups in total. The molecule has 0 aromatic heterocycles. The van der Waals surface area contributed by atoms with Crippen LogP contribution in [0.4, 0.5) is 0 Å².